The molecule has 0 N–H and O–H groups in total. The summed E-state index contributed by atoms with van der Waals surface area (Å²) in [6.07, 6.45) is 0.311. The molecule has 0 amide bonds. The number of ketones is 1. The van der Waals surface area contributed by atoms with Crippen LogP contribution in [0.25, 0.3) is 0 Å². The number of Topliss-reactive ketones (excluding diaryl/α,β-unsaturated/α-hetero) is 1. The van der Waals surface area contributed by atoms with E-state index in [0.717, 1.165) is 28.1 Å². The van der Waals surface area contributed by atoms with Gasteiger partial charge in [0.2, 0.25) is 0 Å². The van der Waals surface area contributed by atoms with E-state index in [1.165, 1.54) is 0 Å². The van der Waals surface area contributed by atoms with Crippen molar-refractivity contribution in [2.24, 2.45) is 0 Å². The Kier molecular flexibility index (Phi) is 4.14. The highest BCUT2D eigenvalue weighted by Crippen LogP contribution is 2.22. The predicted molar refractivity (Wildman–Crippen MR) is 77.3 cm³/mol. The molecular weight excluding hydrogens is 306 g/mol. The standard InChI is InChI=1S/C14H16BrN3O/c1-4-18-12(14(15)10(3)17-18)8-13(19)11-7-5-6-9(2)16-11/h5-7H,4,8H2,1-3H3. The number of carbonyl (C=O) groups is 1. The fraction of sp³-hybridized carbons (Fsp3) is 0.357. The van der Waals surface area contributed by atoms with E-state index in [2.05, 4.69) is 26.0 Å². The van der Waals surface area contributed by atoms with Gasteiger partial charge in [0.1, 0.15) is 5.69 Å². The SMILES string of the molecule is CCn1nc(C)c(Br)c1CC(=O)c1cccc(C)n1. The van der Waals surface area contributed by atoms with E-state index < -0.39 is 0 Å². The van der Waals surface area contributed by atoms with Gasteiger partial charge in [-0.25, -0.2) is 0 Å². The number of halogens is 1. The molecule has 0 spiro atoms. The Hall–Kier alpha value is -1.49. The van der Waals surface area contributed by atoms with Crippen LogP contribution in [0.3, 0.4) is 0 Å². The van der Waals surface area contributed by atoms with Crippen molar-refractivity contribution in [2.75, 3.05) is 0 Å². The summed E-state index contributed by atoms with van der Waals surface area (Å²) in [4.78, 5) is 16.5. The van der Waals surface area contributed by atoms with Gasteiger partial charge in [0.25, 0.3) is 0 Å². The normalized spacial score (nSPS) is 10.7. The lowest BCUT2D eigenvalue weighted by Crippen LogP contribution is -2.11. The van der Waals surface area contributed by atoms with Gasteiger partial charge in [-0.15, -0.1) is 0 Å². The largest absolute Gasteiger partial charge is 0.292 e. The summed E-state index contributed by atoms with van der Waals surface area (Å²) < 4.78 is 2.77. The van der Waals surface area contributed by atoms with E-state index in [9.17, 15) is 4.79 Å². The molecule has 0 radical (unpaired) electrons. The molecule has 0 unspecified atom stereocenters. The van der Waals surface area contributed by atoms with Gasteiger partial charge in [0, 0.05) is 12.2 Å². The summed E-state index contributed by atoms with van der Waals surface area (Å²) in [5, 5.41) is 4.39. The number of hydrogen-bond acceptors (Lipinski definition) is 3. The third kappa shape index (κ3) is 2.92. The Morgan fingerprint density at radius 2 is 2.11 bits per heavy atom. The summed E-state index contributed by atoms with van der Waals surface area (Å²) in [7, 11) is 0. The number of pyridine rings is 1. The quantitative estimate of drug-likeness (QED) is 0.813. The first-order chi connectivity index (χ1) is 9.02. The zero-order valence-corrected chi connectivity index (χ0v) is 12.9. The van der Waals surface area contributed by atoms with Gasteiger partial charge in [-0.1, -0.05) is 6.07 Å². The Labute approximate surface area is 121 Å². The predicted octanol–water partition coefficient (Wildman–Crippen LogP) is 3.10. The molecule has 5 heteroatoms. The maximum atomic E-state index is 12.3. The van der Waals surface area contributed by atoms with Gasteiger partial charge in [-0.05, 0) is 48.8 Å². The molecule has 0 aliphatic carbocycles. The van der Waals surface area contributed by atoms with Crippen molar-refractivity contribution in [1.29, 1.82) is 0 Å². The summed E-state index contributed by atoms with van der Waals surface area (Å²) in [6, 6.07) is 5.49. The molecule has 2 rings (SSSR count). The van der Waals surface area contributed by atoms with Gasteiger partial charge in [0.15, 0.2) is 5.78 Å². The second kappa shape index (κ2) is 5.65. The van der Waals surface area contributed by atoms with E-state index in [0.29, 0.717) is 12.1 Å². The minimum atomic E-state index is 0.0130. The second-order valence-electron chi connectivity index (χ2n) is 4.43. The Bertz CT molecular complexity index is 619. The van der Waals surface area contributed by atoms with Crippen molar-refractivity contribution in [3.05, 3.63) is 45.4 Å². The lowest BCUT2D eigenvalue weighted by atomic mass is 10.1. The minimum absolute atomic E-state index is 0.0130. The second-order valence-corrected chi connectivity index (χ2v) is 5.22. The first kappa shape index (κ1) is 13.9. The number of hydrogen-bond donors (Lipinski definition) is 0. The molecule has 0 saturated carbocycles. The Balaban J connectivity index is 2.29. The minimum Gasteiger partial charge on any atom is -0.292 e. The lowest BCUT2D eigenvalue weighted by molar-refractivity contribution is 0.0985. The summed E-state index contributed by atoms with van der Waals surface area (Å²) >= 11 is 3.50. The van der Waals surface area contributed by atoms with Crippen LogP contribution in [-0.4, -0.2) is 20.5 Å². The van der Waals surface area contributed by atoms with Gasteiger partial charge in [0.05, 0.1) is 22.3 Å². The maximum absolute atomic E-state index is 12.3. The van der Waals surface area contributed by atoms with Crippen LogP contribution in [-0.2, 0) is 13.0 Å². The highest BCUT2D eigenvalue weighted by atomic mass is 79.9. The van der Waals surface area contributed by atoms with Crippen LogP contribution in [0.2, 0.25) is 0 Å². The molecule has 0 aliphatic rings. The monoisotopic (exact) mass is 321 g/mol. The molecule has 0 aromatic carbocycles. The van der Waals surface area contributed by atoms with Crippen molar-refractivity contribution < 1.29 is 4.79 Å². The highest BCUT2D eigenvalue weighted by molar-refractivity contribution is 9.10. The average molecular weight is 322 g/mol. The van der Waals surface area contributed by atoms with Crippen LogP contribution in [0.15, 0.2) is 22.7 Å². The van der Waals surface area contributed by atoms with E-state index >= 15 is 0 Å². The lowest BCUT2D eigenvalue weighted by Gasteiger charge is -2.05. The zero-order valence-electron chi connectivity index (χ0n) is 11.3. The molecule has 0 atom stereocenters. The van der Waals surface area contributed by atoms with E-state index in [4.69, 9.17) is 0 Å². The van der Waals surface area contributed by atoms with Crippen LogP contribution in [0.4, 0.5) is 0 Å². The fourth-order valence-electron chi connectivity index (χ4n) is 1.98. The summed E-state index contributed by atoms with van der Waals surface area (Å²) in [5.41, 5.74) is 3.17. The molecule has 2 aromatic heterocycles. The van der Waals surface area contributed by atoms with Crippen molar-refractivity contribution >= 4 is 21.7 Å². The molecule has 0 fully saturated rings. The average Bonchev–Trinajstić information content (AvgIpc) is 2.66. The van der Waals surface area contributed by atoms with E-state index in [1.807, 2.05) is 37.6 Å². The van der Waals surface area contributed by atoms with Crippen molar-refractivity contribution in [2.45, 2.75) is 33.7 Å². The van der Waals surface area contributed by atoms with Crippen LogP contribution < -0.4 is 0 Å². The molecule has 0 saturated heterocycles. The van der Waals surface area contributed by atoms with E-state index in [-0.39, 0.29) is 5.78 Å². The number of nitrogens with zero attached hydrogens (tertiary/aromatic N) is 3. The van der Waals surface area contributed by atoms with Crippen molar-refractivity contribution in [3.8, 4) is 0 Å². The molecule has 4 nitrogen and oxygen atoms in total. The van der Waals surface area contributed by atoms with Gasteiger partial charge < -0.3 is 0 Å². The zero-order chi connectivity index (χ0) is 14.0. The highest BCUT2D eigenvalue weighted by Gasteiger charge is 2.17. The van der Waals surface area contributed by atoms with Gasteiger partial charge in [-0.2, -0.15) is 5.10 Å². The Morgan fingerprint density at radius 1 is 1.37 bits per heavy atom. The van der Waals surface area contributed by atoms with Crippen LogP contribution in [0, 0.1) is 13.8 Å². The van der Waals surface area contributed by atoms with Crippen LogP contribution in [0.1, 0.15) is 34.5 Å². The van der Waals surface area contributed by atoms with Crippen LogP contribution in [0.5, 0.6) is 0 Å². The molecule has 0 bridgehead atoms. The first-order valence-corrected chi connectivity index (χ1v) is 7.00. The summed E-state index contributed by atoms with van der Waals surface area (Å²) in [5.74, 6) is 0.0130. The van der Waals surface area contributed by atoms with E-state index in [1.54, 1.807) is 6.07 Å². The molecular formula is C14H16BrN3O. The number of aryl methyl sites for hydroxylation is 3. The maximum Gasteiger partial charge on any atom is 0.187 e. The fourth-order valence-corrected chi connectivity index (χ4v) is 2.40. The van der Waals surface area contributed by atoms with Crippen molar-refractivity contribution in [3.63, 3.8) is 0 Å². The topological polar surface area (TPSA) is 47.8 Å². The van der Waals surface area contributed by atoms with Crippen molar-refractivity contribution in [1.82, 2.24) is 14.8 Å². The molecule has 0 aliphatic heterocycles. The molecule has 19 heavy (non-hydrogen) atoms. The van der Waals surface area contributed by atoms with Gasteiger partial charge >= 0.3 is 0 Å². The van der Waals surface area contributed by atoms with Gasteiger partial charge in [-0.3, -0.25) is 14.5 Å². The Morgan fingerprint density at radius 3 is 2.74 bits per heavy atom. The third-order valence-electron chi connectivity index (χ3n) is 2.95. The number of carbonyl (C=O) groups excluding carboxylic acids is 1. The molecule has 100 valence electrons. The third-order valence-corrected chi connectivity index (χ3v) is 3.99. The van der Waals surface area contributed by atoms with Crippen LogP contribution >= 0.6 is 15.9 Å². The molecule has 2 heterocycles. The molecule has 2 aromatic rings. The number of rotatable bonds is 4. The first-order valence-electron chi connectivity index (χ1n) is 6.21. The smallest absolute Gasteiger partial charge is 0.187 e. The number of aromatic nitrogens is 3. The summed E-state index contributed by atoms with van der Waals surface area (Å²) in [6.45, 7) is 6.57.